The zero-order chi connectivity index (χ0) is 24.7. The Labute approximate surface area is 203 Å². The predicted octanol–water partition coefficient (Wildman–Crippen LogP) is 6.25. The largest absolute Gasteiger partial charge is 0.490 e. The zero-order valence-electron chi connectivity index (χ0n) is 17.7. The first-order valence-electron chi connectivity index (χ1n) is 10.2. The summed E-state index contributed by atoms with van der Waals surface area (Å²) in [6, 6.07) is 18.0. The summed E-state index contributed by atoms with van der Waals surface area (Å²) >= 11 is 12.3. The molecule has 11 heteroatoms. The van der Waals surface area contributed by atoms with Crippen LogP contribution < -0.4 is 10.6 Å². The third-order valence-corrected chi connectivity index (χ3v) is 5.23. The number of hydrogen-bond donors (Lipinski definition) is 4. The maximum atomic E-state index is 10.6. The Hall–Kier alpha value is -3.01. The van der Waals surface area contributed by atoms with Gasteiger partial charge in [-0.25, -0.2) is 9.78 Å². The molecule has 4 aromatic rings. The first kappa shape index (κ1) is 25.6. The van der Waals surface area contributed by atoms with Gasteiger partial charge >= 0.3 is 12.1 Å². The molecule has 0 bridgehead atoms. The molecule has 0 saturated heterocycles. The number of carboxylic acids is 1. The lowest BCUT2D eigenvalue weighted by Gasteiger charge is -2.07. The van der Waals surface area contributed by atoms with Gasteiger partial charge in [-0.3, -0.25) is 0 Å². The number of carboxylic acid groups (broad SMARTS) is 1. The van der Waals surface area contributed by atoms with Crippen LogP contribution in [0.4, 0.5) is 19.0 Å². The van der Waals surface area contributed by atoms with Crippen molar-refractivity contribution in [2.24, 2.45) is 0 Å². The second kappa shape index (κ2) is 11.4. The van der Waals surface area contributed by atoms with Crippen molar-refractivity contribution in [1.82, 2.24) is 15.3 Å². The molecule has 0 radical (unpaired) electrons. The van der Waals surface area contributed by atoms with Crippen molar-refractivity contribution >= 4 is 56.8 Å². The van der Waals surface area contributed by atoms with Crippen LogP contribution in [0.3, 0.4) is 0 Å². The van der Waals surface area contributed by atoms with Gasteiger partial charge in [-0.2, -0.15) is 13.2 Å². The van der Waals surface area contributed by atoms with Gasteiger partial charge in [-0.1, -0.05) is 41.4 Å². The number of pyridine rings is 1. The number of anilines is 1. The number of carbonyl (C=O) groups is 1. The number of rotatable bonds is 7. The van der Waals surface area contributed by atoms with Gasteiger partial charge in [-0.15, -0.1) is 0 Å². The van der Waals surface area contributed by atoms with E-state index >= 15 is 0 Å². The number of para-hydroxylation sites is 1. The summed E-state index contributed by atoms with van der Waals surface area (Å²) in [6.45, 7) is 2.54. The van der Waals surface area contributed by atoms with Crippen molar-refractivity contribution in [3.63, 3.8) is 0 Å². The lowest BCUT2D eigenvalue weighted by atomic mass is 10.2. The summed E-state index contributed by atoms with van der Waals surface area (Å²) in [7, 11) is 0. The Bertz CT molecular complexity index is 1280. The zero-order valence-corrected chi connectivity index (χ0v) is 19.2. The highest BCUT2D eigenvalue weighted by atomic mass is 35.5. The Balaban J connectivity index is 0.000000406. The summed E-state index contributed by atoms with van der Waals surface area (Å²) < 4.78 is 31.7. The minimum Gasteiger partial charge on any atom is -0.475 e. The van der Waals surface area contributed by atoms with E-state index in [1.54, 1.807) is 6.07 Å². The Morgan fingerprint density at radius 3 is 2.53 bits per heavy atom. The summed E-state index contributed by atoms with van der Waals surface area (Å²) in [5, 5.41) is 17.4. The first-order chi connectivity index (χ1) is 16.1. The molecule has 0 fully saturated rings. The summed E-state index contributed by atoms with van der Waals surface area (Å²) in [5.74, 6) is -1.84. The quantitative estimate of drug-likeness (QED) is 0.220. The van der Waals surface area contributed by atoms with E-state index in [-0.39, 0.29) is 0 Å². The fourth-order valence-corrected chi connectivity index (χ4v) is 3.68. The van der Waals surface area contributed by atoms with Crippen LogP contribution >= 0.6 is 23.2 Å². The normalized spacial score (nSPS) is 11.3. The van der Waals surface area contributed by atoms with Crippen LogP contribution in [0.15, 0.2) is 54.6 Å². The standard InChI is InChI=1S/C21H20Cl2N4.C2HF3O2/c22-15-10-18(23)17-12-16(26-20(17)11-15)13-24-8-3-9-25-21-7-6-14-4-1-2-5-19(14)27-21;3-2(4,5)1(6)7/h1-2,4-7,10-12,24,26H,3,8-9,13H2,(H,25,27);(H,6,7). The molecular weight excluding hydrogens is 492 g/mol. The van der Waals surface area contributed by atoms with Crippen LogP contribution in [0.2, 0.25) is 10.0 Å². The molecule has 0 aliphatic heterocycles. The molecule has 0 atom stereocenters. The van der Waals surface area contributed by atoms with Crippen molar-refractivity contribution in [2.45, 2.75) is 19.1 Å². The molecule has 2 aromatic carbocycles. The number of H-pyrrole nitrogens is 1. The van der Waals surface area contributed by atoms with Gasteiger partial charge in [0.05, 0.1) is 10.5 Å². The van der Waals surface area contributed by atoms with E-state index < -0.39 is 12.1 Å². The molecule has 6 nitrogen and oxygen atoms in total. The lowest BCUT2D eigenvalue weighted by molar-refractivity contribution is -0.192. The third-order valence-electron chi connectivity index (χ3n) is 4.70. The van der Waals surface area contributed by atoms with Gasteiger partial charge in [0.25, 0.3) is 0 Å². The molecule has 0 saturated carbocycles. The summed E-state index contributed by atoms with van der Waals surface area (Å²) in [4.78, 5) is 16.9. The van der Waals surface area contributed by atoms with E-state index in [2.05, 4.69) is 38.8 Å². The predicted molar refractivity (Wildman–Crippen MR) is 129 cm³/mol. The van der Waals surface area contributed by atoms with Gasteiger partial charge in [-0.05, 0) is 49.4 Å². The molecule has 2 aromatic heterocycles. The Morgan fingerprint density at radius 2 is 1.79 bits per heavy atom. The smallest absolute Gasteiger partial charge is 0.475 e. The maximum absolute atomic E-state index is 10.6. The van der Waals surface area contributed by atoms with Crippen LogP contribution in [0.25, 0.3) is 21.8 Å². The van der Waals surface area contributed by atoms with E-state index in [1.807, 2.05) is 30.3 Å². The maximum Gasteiger partial charge on any atom is 0.490 e. The van der Waals surface area contributed by atoms with E-state index in [4.69, 9.17) is 33.1 Å². The number of halogens is 5. The number of hydrogen-bond acceptors (Lipinski definition) is 4. The summed E-state index contributed by atoms with van der Waals surface area (Å²) in [5.41, 5.74) is 3.07. The monoisotopic (exact) mass is 512 g/mol. The highest BCUT2D eigenvalue weighted by molar-refractivity contribution is 6.38. The number of nitrogens with zero attached hydrogens (tertiary/aromatic N) is 1. The molecule has 0 unspecified atom stereocenters. The number of aromatic amines is 1. The SMILES string of the molecule is Clc1cc(Cl)c2cc(CNCCCNc3ccc4ccccc4n3)[nH]c2c1.O=C(O)C(F)(F)F. The van der Waals surface area contributed by atoms with Gasteiger partial charge < -0.3 is 20.7 Å². The second-order valence-corrected chi connectivity index (χ2v) is 8.14. The highest BCUT2D eigenvalue weighted by Crippen LogP contribution is 2.28. The molecule has 2 heterocycles. The number of benzene rings is 2. The number of alkyl halides is 3. The van der Waals surface area contributed by atoms with Crippen molar-refractivity contribution in [1.29, 1.82) is 0 Å². The number of aliphatic carboxylic acids is 1. The van der Waals surface area contributed by atoms with Gasteiger partial charge in [0.2, 0.25) is 0 Å². The van der Waals surface area contributed by atoms with E-state index in [1.165, 1.54) is 0 Å². The number of nitrogens with one attached hydrogen (secondary N) is 3. The second-order valence-electron chi connectivity index (χ2n) is 7.29. The molecule has 0 aliphatic carbocycles. The van der Waals surface area contributed by atoms with E-state index in [0.717, 1.165) is 59.4 Å². The molecule has 180 valence electrons. The minimum absolute atomic E-state index is 0.641. The van der Waals surface area contributed by atoms with E-state index in [9.17, 15) is 13.2 Å². The fraction of sp³-hybridized carbons (Fsp3) is 0.217. The molecule has 0 aliphatic rings. The average Bonchev–Trinajstić information content (AvgIpc) is 3.19. The highest BCUT2D eigenvalue weighted by Gasteiger charge is 2.38. The van der Waals surface area contributed by atoms with Crippen LogP contribution in [0, 0.1) is 0 Å². The first-order valence-corrected chi connectivity index (χ1v) is 11.0. The number of aromatic nitrogens is 2. The molecular formula is C23H21Cl2F3N4O2. The van der Waals surface area contributed by atoms with Crippen molar-refractivity contribution in [3.05, 3.63) is 70.3 Å². The van der Waals surface area contributed by atoms with Gasteiger partial charge in [0.15, 0.2) is 0 Å². The average molecular weight is 513 g/mol. The van der Waals surface area contributed by atoms with Gasteiger partial charge in [0.1, 0.15) is 5.82 Å². The third kappa shape index (κ3) is 7.24. The molecule has 4 rings (SSSR count). The van der Waals surface area contributed by atoms with Crippen LogP contribution in [-0.4, -0.2) is 40.3 Å². The van der Waals surface area contributed by atoms with Crippen molar-refractivity contribution in [3.8, 4) is 0 Å². The Kier molecular flexibility index (Phi) is 8.60. The summed E-state index contributed by atoms with van der Waals surface area (Å²) in [6.07, 6.45) is -4.08. The minimum atomic E-state index is -5.08. The Morgan fingerprint density at radius 1 is 1.06 bits per heavy atom. The fourth-order valence-electron chi connectivity index (χ4n) is 3.13. The molecule has 0 spiro atoms. The van der Waals surface area contributed by atoms with Crippen LogP contribution in [0.5, 0.6) is 0 Å². The molecule has 0 amide bonds. The van der Waals surface area contributed by atoms with Crippen molar-refractivity contribution < 1.29 is 23.1 Å². The van der Waals surface area contributed by atoms with Crippen molar-refractivity contribution in [2.75, 3.05) is 18.4 Å². The topological polar surface area (TPSA) is 90.0 Å². The van der Waals surface area contributed by atoms with E-state index in [0.29, 0.717) is 10.0 Å². The molecule has 4 N–H and O–H groups in total. The lowest BCUT2D eigenvalue weighted by Crippen LogP contribution is -2.21. The van der Waals surface area contributed by atoms with Crippen LogP contribution in [-0.2, 0) is 11.3 Å². The number of fused-ring (bicyclic) bond motifs is 2. The van der Waals surface area contributed by atoms with Crippen LogP contribution in [0.1, 0.15) is 12.1 Å². The molecule has 34 heavy (non-hydrogen) atoms. The van der Waals surface area contributed by atoms with Gasteiger partial charge in [0, 0.05) is 40.1 Å².